The molecule has 1 amide bonds. The lowest BCUT2D eigenvalue weighted by atomic mass is 9.31. The van der Waals surface area contributed by atoms with Crippen LogP contribution in [0, 0.1) is 68.5 Å². The number of hydrogen-bond acceptors (Lipinski definition) is 12. The maximum absolute atomic E-state index is 16.5. The van der Waals surface area contributed by atoms with E-state index in [1.165, 1.54) is 20.1 Å². The number of ether oxygens (including phenoxy) is 3. The summed E-state index contributed by atoms with van der Waals surface area (Å²) >= 11 is 0. The first-order valence-electron chi connectivity index (χ1n) is 20.1. The molecule has 0 aromatic carbocycles. The topological polar surface area (TPSA) is 206 Å². The van der Waals surface area contributed by atoms with Crippen molar-refractivity contribution in [3.63, 3.8) is 0 Å². The van der Waals surface area contributed by atoms with Crippen molar-refractivity contribution in [2.75, 3.05) is 6.61 Å². The van der Waals surface area contributed by atoms with Gasteiger partial charge < -0.3 is 40.0 Å². The van der Waals surface area contributed by atoms with Gasteiger partial charge in [-0.25, -0.2) is 0 Å². The zero-order chi connectivity index (χ0) is 39.3. The number of allylic oxidation sites excluding steroid dienone is 4. The number of carbonyl (C=O) groups is 5. The monoisotopic (exact) mass is 759 g/mol. The molecule has 294 valence electrons. The van der Waals surface area contributed by atoms with E-state index in [0.717, 1.165) is 11.1 Å². The number of nitrogens with one attached hydrogen (secondary N) is 1. The van der Waals surface area contributed by atoms with Gasteiger partial charge in [-0.1, -0.05) is 51.0 Å². The second-order valence-electron chi connectivity index (χ2n) is 19.8. The molecule has 2 unspecified atom stereocenters. The molecule has 11 aliphatic rings. The summed E-state index contributed by atoms with van der Waals surface area (Å²) in [6.45, 7) is 12.4. The van der Waals surface area contributed by atoms with Gasteiger partial charge in [0, 0.05) is 35.1 Å². The number of Topliss-reactive ketones (excluding diaryl/α,β-unsaturated/α-hetero) is 4. The lowest BCUT2D eigenvalue weighted by molar-refractivity contribution is -0.463. The fourth-order valence-corrected chi connectivity index (χ4v) is 16.4. The molecule has 7 bridgehead atoms. The zero-order valence-corrected chi connectivity index (χ0v) is 32.0. The third-order valence-corrected chi connectivity index (χ3v) is 18.0. The van der Waals surface area contributed by atoms with Crippen LogP contribution in [0.4, 0.5) is 0 Å². The van der Waals surface area contributed by atoms with Crippen molar-refractivity contribution in [1.82, 2.24) is 5.32 Å². The molecule has 13 nitrogen and oxygen atoms in total. The predicted octanol–water partition coefficient (Wildman–Crippen LogP) is 0.856. The Morgan fingerprint density at radius 3 is 2.38 bits per heavy atom. The second kappa shape index (κ2) is 9.45. The minimum Gasteiger partial charge on any atom is -0.500 e. The smallest absolute Gasteiger partial charge is 0.235 e. The average Bonchev–Trinajstić information content (AvgIpc) is 3.90. The van der Waals surface area contributed by atoms with Crippen molar-refractivity contribution in [2.45, 2.75) is 115 Å². The van der Waals surface area contributed by atoms with Gasteiger partial charge in [-0.3, -0.25) is 24.0 Å². The molecular weight excluding hydrogens is 710 g/mol. The fraction of sp³-hybridized carbons (Fsp3) is 0.738. The second-order valence-corrected chi connectivity index (χ2v) is 19.8. The Morgan fingerprint density at radius 2 is 1.69 bits per heavy atom. The number of hydrogen-bond donors (Lipinski definition) is 5. The Bertz CT molecular complexity index is 2110. The average molecular weight is 760 g/mol. The SMILES string of the molecule is CC1=C[C@H]2C=C(C)[C@@H](C)[C@H]3[C@H](CC(C)C)NC(=O)[C@@]23C(=O)[C@H]2[C@@H]3[C@H](O[C@@]4(O)C56[C@@H]3O[C@@H]2C52[C@H](C)C(=O)[C@@]4(O)[C@@]3(C)C(=O)[C@]6(O)C(=O)[C@@]24COC=C43)[C@H](O)CC1. The third kappa shape index (κ3) is 2.71. The number of amides is 1. The van der Waals surface area contributed by atoms with Crippen molar-refractivity contribution in [3.8, 4) is 0 Å². The van der Waals surface area contributed by atoms with Gasteiger partial charge in [0.2, 0.25) is 11.7 Å². The van der Waals surface area contributed by atoms with Crippen LogP contribution in [-0.4, -0.2) is 104 Å². The standard InChI is InChI=1S/C42H49NO12/c1-15(2)10-21-26-18(5)17(4)12-20-11-16(3)8-9-22(44)27-24-25(29(46)37(20,26)34(49)43-21)30-38-19(6)28(45)41(51)35(7)23-13-53-14-36(23,38)33(48)39(50,32(35)47)40(38,31(24)54-30)42(41,52)55-27/h11-13,15,18-22,24-27,30-31,44,50-52H,8-10,14H2,1-7H3,(H,43,49)/t18-,19-,20+,21+,22-,24-,25-,26+,27-,30+,31-,35-,36+,37+,38?,39+,40?,41-,42+/m1/s1. The van der Waals surface area contributed by atoms with E-state index in [9.17, 15) is 20.4 Å². The molecule has 0 aromatic rings. The van der Waals surface area contributed by atoms with Crippen LogP contribution in [0.5, 0.6) is 0 Å². The highest BCUT2D eigenvalue weighted by Crippen LogP contribution is 2.95. The molecule has 3 spiro atoms. The minimum absolute atomic E-state index is 0.0618. The van der Waals surface area contributed by atoms with Crippen LogP contribution in [0.3, 0.4) is 0 Å². The molecular formula is C42H49NO12. The van der Waals surface area contributed by atoms with Gasteiger partial charge in [0.25, 0.3) is 0 Å². The number of fused-ring (bicyclic) bond motifs is 5. The van der Waals surface area contributed by atoms with Gasteiger partial charge in [0.05, 0.1) is 42.0 Å². The molecule has 4 saturated carbocycles. The van der Waals surface area contributed by atoms with Crippen LogP contribution < -0.4 is 5.32 Å². The highest BCUT2D eigenvalue weighted by atomic mass is 16.7. The number of ketones is 4. The van der Waals surface area contributed by atoms with Gasteiger partial charge in [0.15, 0.2) is 34.3 Å². The van der Waals surface area contributed by atoms with Crippen LogP contribution in [-0.2, 0) is 38.2 Å². The molecule has 11 rings (SSSR count). The fourth-order valence-electron chi connectivity index (χ4n) is 16.4. The normalized spacial score (nSPS) is 59.9. The summed E-state index contributed by atoms with van der Waals surface area (Å²) in [5.74, 6) is -12.3. The third-order valence-electron chi connectivity index (χ3n) is 18.0. The van der Waals surface area contributed by atoms with E-state index in [0.29, 0.717) is 12.8 Å². The Morgan fingerprint density at radius 1 is 0.982 bits per heavy atom. The van der Waals surface area contributed by atoms with Gasteiger partial charge in [-0.15, -0.1) is 0 Å². The van der Waals surface area contributed by atoms with E-state index in [1.54, 1.807) is 0 Å². The highest BCUT2D eigenvalue weighted by Gasteiger charge is 3.12. The van der Waals surface area contributed by atoms with Crippen LogP contribution in [0.1, 0.15) is 67.7 Å². The first-order chi connectivity index (χ1) is 25.7. The lowest BCUT2D eigenvalue weighted by Crippen LogP contribution is -2.96. The summed E-state index contributed by atoms with van der Waals surface area (Å²) in [5, 5.41) is 55.2. The van der Waals surface area contributed by atoms with E-state index in [-0.39, 0.29) is 29.9 Å². The molecule has 4 saturated heterocycles. The van der Waals surface area contributed by atoms with Crippen molar-refractivity contribution in [2.24, 2.45) is 68.5 Å². The van der Waals surface area contributed by atoms with Crippen molar-refractivity contribution >= 4 is 29.0 Å². The number of carbonyl (C=O) groups excluding carboxylic acids is 5. The molecule has 5 N–H and O–H groups in total. The Labute approximate surface area is 317 Å². The molecule has 0 radical (unpaired) electrons. The van der Waals surface area contributed by atoms with E-state index in [1.807, 2.05) is 32.9 Å². The molecule has 0 aromatic heterocycles. The van der Waals surface area contributed by atoms with Gasteiger partial charge in [-0.05, 0) is 57.4 Å². The van der Waals surface area contributed by atoms with Gasteiger partial charge in [0.1, 0.15) is 22.9 Å². The van der Waals surface area contributed by atoms with Crippen molar-refractivity contribution in [3.05, 3.63) is 35.1 Å². The Hall–Kier alpha value is -3.07. The maximum Gasteiger partial charge on any atom is 0.235 e. The van der Waals surface area contributed by atoms with E-state index >= 15 is 24.0 Å². The largest absolute Gasteiger partial charge is 0.500 e. The number of rotatable bonds is 2. The van der Waals surface area contributed by atoms with Crippen molar-refractivity contribution < 1.29 is 58.6 Å². The minimum atomic E-state index is -3.14. The number of aliphatic hydroxyl groups is 4. The molecule has 5 heterocycles. The quantitative estimate of drug-likeness (QED) is 0.197. The lowest BCUT2D eigenvalue weighted by Gasteiger charge is -2.74. The molecule has 19 atom stereocenters. The molecule has 6 aliphatic carbocycles. The molecule has 55 heavy (non-hydrogen) atoms. The summed E-state index contributed by atoms with van der Waals surface area (Å²) < 4.78 is 19.7. The van der Waals surface area contributed by atoms with Crippen LogP contribution in [0.2, 0.25) is 0 Å². The summed E-state index contributed by atoms with van der Waals surface area (Å²) in [7, 11) is 0. The van der Waals surface area contributed by atoms with Gasteiger partial charge in [-0.2, -0.15) is 0 Å². The molecule has 8 fully saturated rings. The van der Waals surface area contributed by atoms with E-state index in [2.05, 4.69) is 19.2 Å². The summed E-state index contributed by atoms with van der Waals surface area (Å²) in [6.07, 6.45) is 0.294. The first kappa shape index (κ1) is 35.1. The Kier molecular flexibility index (Phi) is 6.03. The predicted molar refractivity (Wildman–Crippen MR) is 187 cm³/mol. The number of aliphatic hydroxyl groups excluding tert-OH is 1. The van der Waals surface area contributed by atoms with Crippen LogP contribution in [0.25, 0.3) is 0 Å². The molecule has 5 aliphatic heterocycles. The zero-order valence-electron chi connectivity index (χ0n) is 32.0. The van der Waals surface area contributed by atoms with E-state index in [4.69, 9.17) is 14.2 Å². The Balaban J connectivity index is 1.26. The van der Waals surface area contributed by atoms with E-state index < -0.39 is 134 Å². The summed E-state index contributed by atoms with van der Waals surface area (Å²) in [6, 6.07) is -0.364. The van der Waals surface area contributed by atoms with Gasteiger partial charge >= 0.3 is 0 Å². The molecule has 13 heteroatoms. The van der Waals surface area contributed by atoms with Crippen LogP contribution in [0.15, 0.2) is 35.1 Å². The first-order valence-corrected chi connectivity index (χ1v) is 20.1. The summed E-state index contributed by atoms with van der Waals surface area (Å²) in [4.78, 5) is 77.3. The maximum atomic E-state index is 16.5. The van der Waals surface area contributed by atoms with Crippen LogP contribution >= 0.6 is 0 Å². The summed E-state index contributed by atoms with van der Waals surface area (Å²) in [5.41, 5.74) is -14.9. The van der Waals surface area contributed by atoms with Crippen molar-refractivity contribution in [1.29, 1.82) is 0 Å². The highest BCUT2D eigenvalue weighted by molar-refractivity contribution is 6.29.